The van der Waals surface area contributed by atoms with Crippen LogP contribution in [0.5, 0.6) is 0 Å². The fraction of sp³-hybridized carbons (Fsp3) is 0.438. The maximum Gasteiger partial charge on any atom is 0.201 e. The first-order chi connectivity index (χ1) is 9.25. The Labute approximate surface area is 117 Å². The van der Waals surface area contributed by atoms with Crippen LogP contribution >= 0.6 is 11.6 Å². The summed E-state index contributed by atoms with van der Waals surface area (Å²) in [5.74, 6) is 0.742. The molecule has 2 aromatic rings. The standard InChI is InChI=1S/C16H17ClO2/c17-13-9-5-8-12-10-14(19-16(12)13)15(18)11-6-3-1-2-4-7-11/h5,8-11H,1-4,6-7H2. The van der Waals surface area contributed by atoms with E-state index in [1.807, 2.05) is 18.2 Å². The lowest BCUT2D eigenvalue weighted by Crippen LogP contribution is -2.13. The number of rotatable bonds is 2. The predicted octanol–water partition coefficient (Wildman–Crippen LogP) is 5.24. The molecule has 19 heavy (non-hydrogen) atoms. The van der Waals surface area contributed by atoms with Crippen LogP contribution in [0.25, 0.3) is 11.0 Å². The average Bonchev–Trinajstić information content (AvgIpc) is 2.67. The molecule has 1 aromatic carbocycles. The second-order valence-corrected chi connectivity index (χ2v) is 5.73. The molecule has 1 aliphatic rings. The van der Waals surface area contributed by atoms with Gasteiger partial charge in [-0.05, 0) is 25.0 Å². The Bertz CT molecular complexity index is 592. The van der Waals surface area contributed by atoms with E-state index in [1.165, 1.54) is 12.8 Å². The number of hydrogen-bond acceptors (Lipinski definition) is 2. The van der Waals surface area contributed by atoms with Crippen molar-refractivity contribution in [2.24, 2.45) is 5.92 Å². The molecule has 1 heterocycles. The molecule has 3 heteroatoms. The van der Waals surface area contributed by atoms with Gasteiger partial charge in [-0.1, -0.05) is 49.4 Å². The molecule has 1 saturated carbocycles. The molecule has 0 aliphatic heterocycles. The minimum absolute atomic E-state index is 0.127. The maximum absolute atomic E-state index is 12.5. The Hall–Kier alpha value is -1.28. The number of carbonyl (C=O) groups excluding carboxylic acids is 1. The summed E-state index contributed by atoms with van der Waals surface area (Å²) in [6.07, 6.45) is 6.77. The number of fused-ring (bicyclic) bond motifs is 1. The third-order valence-corrected chi connectivity index (χ3v) is 4.26. The van der Waals surface area contributed by atoms with Gasteiger partial charge in [-0.15, -0.1) is 0 Å². The van der Waals surface area contributed by atoms with Gasteiger partial charge in [0.25, 0.3) is 0 Å². The summed E-state index contributed by atoms with van der Waals surface area (Å²) in [5.41, 5.74) is 0.626. The van der Waals surface area contributed by atoms with E-state index in [0.717, 1.165) is 31.1 Å². The lowest BCUT2D eigenvalue weighted by atomic mass is 9.94. The number of hydrogen-bond donors (Lipinski definition) is 0. The van der Waals surface area contributed by atoms with Crippen molar-refractivity contribution in [3.8, 4) is 0 Å². The Kier molecular flexibility index (Phi) is 3.61. The summed E-state index contributed by atoms with van der Waals surface area (Å²) >= 11 is 6.08. The first-order valence-electron chi connectivity index (χ1n) is 6.98. The molecule has 0 bridgehead atoms. The average molecular weight is 277 g/mol. The van der Waals surface area contributed by atoms with Crippen LogP contribution in [0, 0.1) is 5.92 Å². The molecule has 1 aliphatic carbocycles. The van der Waals surface area contributed by atoms with Crippen LogP contribution < -0.4 is 0 Å². The van der Waals surface area contributed by atoms with Crippen LogP contribution in [-0.2, 0) is 0 Å². The molecule has 0 atom stereocenters. The number of ketones is 1. The van der Waals surface area contributed by atoms with Gasteiger partial charge in [0, 0.05) is 11.3 Å². The van der Waals surface area contributed by atoms with Crippen LogP contribution in [0.4, 0.5) is 0 Å². The third kappa shape index (κ3) is 2.55. The summed E-state index contributed by atoms with van der Waals surface area (Å²) in [5, 5.41) is 1.47. The fourth-order valence-electron chi connectivity index (χ4n) is 2.89. The molecule has 0 unspecified atom stereocenters. The minimum atomic E-state index is 0.127. The van der Waals surface area contributed by atoms with E-state index in [-0.39, 0.29) is 11.7 Å². The van der Waals surface area contributed by atoms with Crippen molar-refractivity contribution in [2.45, 2.75) is 38.5 Å². The predicted molar refractivity (Wildman–Crippen MR) is 76.7 cm³/mol. The summed E-state index contributed by atoms with van der Waals surface area (Å²) in [4.78, 5) is 12.5. The highest BCUT2D eigenvalue weighted by Crippen LogP contribution is 2.31. The molecule has 2 nitrogen and oxygen atoms in total. The molecule has 0 saturated heterocycles. The van der Waals surface area contributed by atoms with Crippen molar-refractivity contribution in [3.63, 3.8) is 0 Å². The zero-order valence-corrected chi connectivity index (χ0v) is 11.6. The minimum Gasteiger partial charge on any atom is -0.451 e. The molecule has 0 radical (unpaired) electrons. The molecule has 0 amide bonds. The monoisotopic (exact) mass is 276 g/mol. The van der Waals surface area contributed by atoms with E-state index >= 15 is 0 Å². The molecular weight excluding hydrogens is 260 g/mol. The van der Waals surface area contributed by atoms with Gasteiger partial charge >= 0.3 is 0 Å². The Morgan fingerprint density at radius 1 is 1.16 bits per heavy atom. The topological polar surface area (TPSA) is 30.2 Å². The first-order valence-corrected chi connectivity index (χ1v) is 7.36. The van der Waals surface area contributed by atoms with Crippen molar-refractivity contribution in [2.75, 3.05) is 0 Å². The summed E-state index contributed by atoms with van der Waals surface area (Å²) < 4.78 is 5.67. The van der Waals surface area contributed by atoms with Gasteiger partial charge in [0.05, 0.1) is 5.02 Å². The highest BCUT2D eigenvalue weighted by molar-refractivity contribution is 6.34. The van der Waals surface area contributed by atoms with Crippen LogP contribution in [0.15, 0.2) is 28.7 Å². The zero-order valence-electron chi connectivity index (χ0n) is 10.8. The Morgan fingerprint density at radius 2 is 1.89 bits per heavy atom. The van der Waals surface area contributed by atoms with Gasteiger partial charge in [0.2, 0.25) is 5.78 Å². The second kappa shape index (κ2) is 5.38. The van der Waals surface area contributed by atoms with Gasteiger partial charge < -0.3 is 4.42 Å². The van der Waals surface area contributed by atoms with E-state index in [0.29, 0.717) is 16.4 Å². The number of Topliss-reactive ketones (excluding diaryl/α,β-unsaturated/α-hetero) is 1. The van der Waals surface area contributed by atoms with Crippen molar-refractivity contribution >= 4 is 28.4 Å². The SMILES string of the molecule is O=C(c1cc2cccc(Cl)c2o1)C1CCCCCC1. The fourth-order valence-corrected chi connectivity index (χ4v) is 3.11. The quantitative estimate of drug-likeness (QED) is 0.555. The molecule has 0 N–H and O–H groups in total. The van der Waals surface area contributed by atoms with Gasteiger partial charge in [0.1, 0.15) is 0 Å². The van der Waals surface area contributed by atoms with Crippen LogP contribution in [0.2, 0.25) is 5.02 Å². The highest BCUT2D eigenvalue weighted by Gasteiger charge is 2.24. The third-order valence-electron chi connectivity index (χ3n) is 3.96. The smallest absolute Gasteiger partial charge is 0.201 e. The van der Waals surface area contributed by atoms with Gasteiger partial charge in [-0.25, -0.2) is 0 Å². The van der Waals surface area contributed by atoms with Crippen LogP contribution in [0.1, 0.15) is 49.1 Å². The number of benzene rings is 1. The van der Waals surface area contributed by atoms with E-state index in [1.54, 1.807) is 6.07 Å². The lowest BCUT2D eigenvalue weighted by Gasteiger charge is -2.09. The molecule has 0 spiro atoms. The summed E-state index contributed by atoms with van der Waals surface area (Å²) in [6.45, 7) is 0. The Balaban J connectivity index is 1.90. The van der Waals surface area contributed by atoms with E-state index < -0.39 is 0 Å². The molecule has 3 rings (SSSR count). The maximum atomic E-state index is 12.5. The first kappa shape index (κ1) is 12.7. The molecular formula is C16H17ClO2. The second-order valence-electron chi connectivity index (χ2n) is 5.32. The number of furan rings is 1. The number of carbonyl (C=O) groups is 1. The molecule has 1 fully saturated rings. The highest BCUT2D eigenvalue weighted by atomic mass is 35.5. The largest absolute Gasteiger partial charge is 0.451 e. The lowest BCUT2D eigenvalue weighted by molar-refractivity contribution is 0.0881. The van der Waals surface area contributed by atoms with Gasteiger partial charge in [0.15, 0.2) is 11.3 Å². The van der Waals surface area contributed by atoms with E-state index in [4.69, 9.17) is 16.0 Å². The van der Waals surface area contributed by atoms with Crippen LogP contribution in [-0.4, -0.2) is 5.78 Å². The van der Waals surface area contributed by atoms with Crippen molar-refractivity contribution in [3.05, 3.63) is 35.0 Å². The normalized spacial score (nSPS) is 17.5. The summed E-state index contributed by atoms with van der Waals surface area (Å²) in [7, 11) is 0. The van der Waals surface area contributed by atoms with Gasteiger partial charge in [-0.3, -0.25) is 4.79 Å². The van der Waals surface area contributed by atoms with Crippen molar-refractivity contribution in [1.29, 1.82) is 0 Å². The Morgan fingerprint density at radius 3 is 2.58 bits per heavy atom. The van der Waals surface area contributed by atoms with Crippen molar-refractivity contribution < 1.29 is 9.21 Å². The number of para-hydroxylation sites is 1. The van der Waals surface area contributed by atoms with Crippen LogP contribution in [0.3, 0.4) is 0 Å². The molecule has 100 valence electrons. The summed E-state index contributed by atoms with van der Waals surface area (Å²) in [6, 6.07) is 7.41. The van der Waals surface area contributed by atoms with E-state index in [2.05, 4.69) is 0 Å². The van der Waals surface area contributed by atoms with E-state index in [9.17, 15) is 4.79 Å². The van der Waals surface area contributed by atoms with Crippen molar-refractivity contribution in [1.82, 2.24) is 0 Å². The zero-order chi connectivity index (χ0) is 13.2. The number of halogens is 1. The van der Waals surface area contributed by atoms with Gasteiger partial charge in [-0.2, -0.15) is 0 Å². The molecule has 1 aromatic heterocycles.